The summed E-state index contributed by atoms with van der Waals surface area (Å²) in [4.78, 5) is 11.1. The third-order valence-electron chi connectivity index (χ3n) is 3.26. The van der Waals surface area contributed by atoms with Crippen molar-refractivity contribution in [3.8, 4) is 0 Å². The zero-order valence-corrected chi connectivity index (χ0v) is 13.6. The predicted molar refractivity (Wildman–Crippen MR) is 78.3 cm³/mol. The van der Waals surface area contributed by atoms with Gasteiger partial charge in [-0.25, -0.2) is 8.42 Å². The van der Waals surface area contributed by atoms with Crippen LogP contribution in [0.3, 0.4) is 0 Å². The van der Waals surface area contributed by atoms with Gasteiger partial charge in [0.25, 0.3) is 0 Å². The number of hydrogen-bond donors (Lipinski definition) is 1. The Morgan fingerprint density at radius 3 is 2.75 bits per heavy atom. The van der Waals surface area contributed by atoms with Crippen LogP contribution in [0, 0.1) is 5.92 Å². The van der Waals surface area contributed by atoms with Crippen molar-refractivity contribution in [2.75, 3.05) is 13.1 Å². The lowest BCUT2D eigenvalue weighted by Gasteiger charge is -2.29. The first-order valence-electron chi connectivity index (χ1n) is 6.00. The van der Waals surface area contributed by atoms with E-state index >= 15 is 0 Å². The number of hydrogen-bond acceptors (Lipinski definition) is 3. The maximum atomic E-state index is 12.5. The van der Waals surface area contributed by atoms with E-state index in [-0.39, 0.29) is 11.4 Å². The third-order valence-corrected chi connectivity index (χ3v) is 6.34. The minimum Gasteiger partial charge on any atom is -0.481 e. The molecule has 1 saturated heterocycles. The molecule has 1 aliphatic rings. The molecular weight excluding hydrogens is 370 g/mol. The Bertz CT molecular complexity index is 634. The van der Waals surface area contributed by atoms with E-state index < -0.39 is 21.9 Å². The normalized spacial score (nSPS) is 20.8. The highest BCUT2D eigenvalue weighted by molar-refractivity contribution is 9.10. The second-order valence-corrected chi connectivity index (χ2v) is 7.82. The molecule has 1 fully saturated rings. The van der Waals surface area contributed by atoms with Crippen LogP contribution in [-0.2, 0) is 14.8 Å². The van der Waals surface area contributed by atoms with E-state index in [9.17, 15) is 13.2 Å². The third kappa shape index (κ3) is 3.16. The zero-order chi connectivity index (χ0) is 14.9. The molecule has 0 bridgehead atoms. The molecule has 1 heterocycles. The van der Waals surface area contributed by atoms with Crippen LogP contribution in [0.15, 0.2) is 27.6 Å². The Hall–Kier alpha value is -0.630. The van der Waals surface area contributed by atoms with E-state index in [1.807, 2.05) is 0 Å². The molecule has 0 amide bonds. The number of piperidine rings is 1. The summed E-state index contributed by atoms with van der Waals surface area (Å²) in [7, 11) is -3.69. The smallest absolute Gasteiger partial charge is 0.307 e. The summed E-state index contributed by atoms with van der Waals surface area (Å²) in [5.74, 6) is -1.60. The molecule has 0 saturated carbocycles. The quantitative estimate of drug-likeness (QED) is 0.872. The fourth-order valence-electron chi connectivity index (χ4n) is 2.15. The van der Waals surface area contributed by atoms with Crippen molar-refractivity contribution in [3.63, 3.8) is 0 Å². The topological polar surface area (TPSA) is 74.7 Å². The molecule has 1 N–H and O–H groups in total. The van der Waals surface area contributed by atoms with E-state index in [1.54, 1.807) is 0 Å². The molecule has 1 atom stereocenters. The SMILES string of the molecule is O=C(O)C1CCCN(S(=O)(=O)c2ccc(Cl)c(Br)c2)C1. The summed E-state index contributed by atoms with van der Waals surface area (Å²) in [5, 5.41) is 9.45. The predicted octanol–water partition coefficient (Wildman–Crippen LogP) is 2.59. The minimum absolute atomic E-state index is 0.0118. The van der Waals surface area contributed by atoms with Gasteiger partial charge in [0.05, 0.1) is 15.8 Å². The lowest BCUT2D eigenvalue weighted by Crippen LogP contribution is -2.42. The van der Waals surface area contributed by atoms with Crippen LogP contribution in [-0.4, -0.2) is 36.9 Å². The Labute approximate surface area is 130 Å². The van der Waals surface area contributed by atoms with Crippen molar-refractivity contribution >= 4 is 43.5 Å². The molecule has 20 heavy (non-hydrogen) atoms. The van der Waals surface area contributed by atoms with Gasteiger partial charge in [-0.3, -0.25) is 4.79 Å². The number of sulfonamides is 1. The average molecular weight is 383 g/mol. The summed E-state index contributed by atoms with van der Waals surface area (Å²) in [6.45, 7) is 0.351. The van der Waals surface area contributed by atoms with Crippen LogP contribution >= 0.6 is 27.5 Å². The van der Waals surface area contributed by atoms with Gasteiger partial charge in [-0.2, -0.15) is 4.31 Å². The van der Waals surface area contributed by atoms with E-state index in [2.05, 4.69) is 15.9 Å². The van der Waals surface area contributed by atoms with Crippen molar-refractivity contribution in [2.45, 2.75) is 17.7 Å². The highest BCUT2D eigenvalue weighted by Gasteiger charge is 2.33. The molecule has 8 heteroatoms. The Morgan fingerprint density at radius 1 is 1.45 bits per heavy atom. The standard InChI is InChI=1S/C12H13BrClNO4S/c13-10-6-9(3-4-11(10)14)20(18,19)15-5-1-2-8(7-15)12(16)17/h3-4,6,8H,1-2,5,7H2,(H,16,17). The maximum absolute atomic E-state index is 12.5. The monoisotopic (exact) mass is 381 g/mol. The molecular formula is C12H13BrClNO4S. The van der Waals surface area contributed by atoms with E-state index in [1.165, 1.54) is 22.5 Å². The number of carboxylic acids is 1. The van der Waals surface area contributed by atoms with Crippen LogP contribution in [0.1, 0.15) is 12.8 Å². The van der Waals surface area contributed by atoms with Crippen molar-refractivity contribution in [2.24, 2.45) is 5.92 Å². The molecule has 1 aliphatic heterocycles. The van der Waals surface area contributed by atoms with Crippen LogP contribution in [0.25, 0.3) is 0 Å². The molecule has 110 valence electrons. The molecule has 1 aromatic rings. The van der Waals surface area contributed by atoms with Gasteiger partial charge in [0.1, 0.15) is 0 Å². The molecule has 2 rings (SSSR count). The molecule has 1 unspecified atom stereocenters. The summed E-state index contributed by atoms with van der Waals surface area (Å²) in [6, 6.07) is 4.35. The highest BCUT2D eigenvalue weighted by atomic mass is 79.9. The minimum atomic E-state index is -3.69. The van der Waals surface area contributed by atoms with Gasteiger partial charge in [0.2, 0.25) is 10.0 Å². The van der Waals surface area contributed by atoms with Gasteiger partial charge >= 0.3 is 5.97 Å². The van der Waals surface area contributed by atoms with Gasteiger partial charge in [-0.15, -0.1) is 0 Å². The van der Waals surface area contributed by atoms with Crippen LogP contribution < -0.4 is 0 Å². The summed E-state index contributed by atoms with van der Waals surface area (Å²) < 4.78 is 26.7. The van der Waals surface area contributed by atoms with Crippen LogP contribution in [0.4, 0.5) is 0 Å². The lowest BCUT2D eigenvalue weighted by atomic mass is 10.0. The average Bonchev–Trinajstić information content (AvgIpc) is 2.42. The maximum Gasteiger partial charge on any atom is 0.307 e. The van der Waals surface area contributed by atoms with Crippen LogP contribution in [0.2, 0.25) is 5.02 Å². The highest BCUT2D eigenvalue weighted by Crippen LogP contribution is 2.29. The van der Waals surface area contributed by atoms with E-state index in [0.29, 0.717) is 28.9 Å². The first-order chi connectivity index (χ1) is 9.32. The molecule has 0 aromatic heterocycles. The number of rotatable bonds is 3. The second-order valence-electron chi connectivity index (χ2n) is 4.62. The Morgan fingerprint density at radius 2 is 2.15 bits per heavy atom. The molecule has 0 spiro atoms. The van der Waals surface area contributed by atoms with E-state index in [0.717, 1.165) is 0 Å². The fourth-order valence-corrected chi connectivity index (χ4v) is 4.35. The molecule has 5 nitrogen and oxygen atoms in total. The molecule has 0 aliphatic carbocycles. The van der Waals surface area contributed by atoms with Gasteiger partial charge < -0.3 is 5.11 Å². The van der Waals surface area contributed by atoms with Gasteiger partial charge in [0, 0.05) is 17.6 Å². The molecule has 1 aromatic carbocycles. The van der Waals surface area contributed by atoms with Crippen molar-refractivity contribution in [3.05, 3.63) is 27.7 Å². The zero-order valence-electron chi connectivity index (χ0n) is 10.4. The van der Waals surface area contributed by atoms with Gasteiger partial charge in [0.15, 0.2) is 0 Å². The summed E-state index contributed by atoms with van der Waals surface area (Å²) in [6.07, 6.45) is 1.05. The Kier molecular flexibility index (Phi) is 4.73. The molecule has 0 radical (unpaired) electrons. The largest absolute Gasteiger partial charge is 0.481 e. The lowest BCUT2D eigenvalue weighted by molar-refractivity contribution is -0.142. The van der Waals surface area contributed by atoms with E-state index in [4.69, 9.17) is 16.7 Å². The number of halogens is 2. The number of aliphatic carboxylic acids is 1. The number of benzene rings is 1. The Balaban J connectivity index is 2.29. The number of carbonyl (C=O) groups is 1. The van der Waals surface area contributed by atoms with Crippen molar-refractivity contribution in [1.82, 2.24) is 4.31 Å². The second kappa shape index (κ2) is 6.01. The van der Waals surface area contributed by atoms with Crippen molar-refractivity contribution in [1.29, 1.82) is 0 Å². The first-order valence-corrected chi connectivity index (χ1v) is 8.61. The van der Waals surface area contributed by atoms with Crippen LogP contribution in [0.5, 0.6) is 0 Å². The number of nitrogens with zero attached hydrogens (tertiary/aromatic N) is 1. The summed E-state index contributed by atoms with van der Waals surface area (Å²) >= 11 is 9.04. The number of carboxylic acid groups (broad SMARTS) is 1. The summed E-state index contributed by atoms with van der Waals surface area (Å²) in [5.41, 5.74) is 0. The first kappa shape index (κ1) is 15.8. The van der Waals surface area contributed by atoms with Gasteiger partial charge in [-0.05, 0) is 47.0 Å². The van der Waals surface area contributed by atoms with Crippen molar-refractivity contribution < 1.29 is 18.3 Å². The van der Waals surface area contributed by atoms with Gasteiger partial charge in [-0.1, -0.05) is 11.6 Å². The fraction of sp³-hybridized carbons (Fsp3) is 0.417.